The number of morpholine rings is 1. The van der Waals surface area contributed by atoms with Crippen molar-refractivity contribution in [2.24, 2.45) is 0 Å². The highest BCUT2D eigenvalue weighted by atomic mass is 16.5. The van der Waals surface area contributed by atoms with Gasteiger partial charge in [-0.3, -0.25) is 9.69 Å². The molecule has 2 unspecified atom stereocenters. The summed E-state index contributed by atoms with van der Waals surface area (Å²) < 4.78 is 13.2. The molecule has 0 spiro atoms. The lowest BCUT2D eigenvalue weighted by Crippen LogP contribution is -2.48. The molecule has 0 bridgehead atoms. The van der Waals surface area contributed by atoms with Gasteiger partial charge < -0.3 is 14.4 Å². The second-order valence-corrected chi connectivity index (χ2v) is 9.38. The molecular formula is C24H33N5O3. The summed E-state index contributed by atoms with van der Waals surface area (Å²) >= 11 is 0. The number of nitrogens with zero attached hydrogens (tertiary/aromatic N) is 5. The quantitative estimate of drug-likeness (QED) is 0.731. The summed E-state index contributed by atoms with van der Waals surface area (Å²) in [5.74, 6) is -0.0637. The van der Waals surface area contributed by atoms with Crippen LogP contribution in [-0.2, 0) is 22.4 Å². The average molecular weight is 440 g/mol. The molecule has 0 radical (unpaired) electrons. The minimum absolute atomic E-state index is 0.0258. The first-order valence-corrected chi connectivity index (χ1v) is 11.8. The molecule has 0 aliphatic carbocycles. The normalized spacial score (nSPS) is 25.0. The van der Waals surface area contributed by atoms with E-state index < -0.39 is 0 Å². The van der Waals surface area contributed by atoms with E-state index >= 15 is 0 Å². The van der Waals surface area contributed by atoms with Crippen molar-refractivity contribution in [2.75, 3.05) is 32.8 Å². The van der Waals surface area contributed by atoms with E-state index in [0.717, 1.165) is 56.9 Å². The zero-order valence-corrected chi connectivity index (χ0v) is 19.3. The standard InChI is InChI=1S/C24H33N5O3/c1-16-13-28(14-17(2)32-16)24(30)23-18(3)29(26-25-23)22-6-4-5-19-15-27(10-7-21(19)22)20-8-11-31-12-9-20/h4-6,16-17,20H,7-15H2,1-3H3. The van der Waals surface area contributed by atoms with Crippen molar-refractivity contribution >= 4 is 5.91 Å². The Kier molecular flexibility index (Phi) is 6.01. The molecular weight excluding hydrogens is 406 g/mol. The lowest BCUT2D eigenvalue weighted by atomic mass is 9.95. The molecule has 1 aromatic carbocycles. The molecule has 4 heterocycles. The van der Waals surface area contributed by atoms with Crippen LogP contribution in [0.5, 0.6) is 0 Å². The molecule has 172 valence electrons. The number of hydrogen-bond acceptors (Lipinski definition) is 6. The first-order valence-electron chi connectivity index (χ1n) is 11.8. The van der Waals surface area contributed by atoms with Crippen LogP contribution in [0.1, 0.15) is 54.0 Å². The fraction of sp³-hybridized carbons (Fsp3) is 0.625. The number of hydrogen-bond donors (Lipinski definition) is 0. The van der Waals surface area contributed by atoms with Gasteiger partial charge in [-0.25, -0.2) is 4.68 Å². The van der Waals surface area contributed by atoms with Gasteiger partial charge in [0.25, 0.3) is 5.91 Å². The molecule has 1 amide bonds. The van der Waals surface area contributed by atoms with Crippen LogP contribution in [0, 0.1) is 6.92 Å². The number of aromatic nitrogens is 3. The van der Waals surface area contributed by atoms with Crippen molar-refractivity contribution in [1.29, 1.82) is 0 Å². The molecule has 8 heteroatoms. The molecule has 8 nitrogen and oxygen atoms in total. The third-order valence-corrected chi connectivity index (χ3v) is 7.01. The minimum Gasteiger partial charge on any atom is -0.381 e. The third kappa shape index (κ3) is 4.07. The Morgan fingerprint density at radius 2 is 1.88 bits per heavy atom. The van der Waals surface area contributed by atoms with E-state index in [-0.39, 0.29) is 18.1 Å². The second-order valence-electron chi connectivity index (χ2n) is 9.38. The summed E-state index contributed by atoms with van der Waals surface area (Å²) in [6.45, 7) is 10.8. The Bertz CT molecular complexity index is 974. The van der Waals surface area contributed by atoms with E-state index in [1.165, 1.54) is 11.1 Å². The Morgan fingerprint density at radius 1 is 1.12 bits per heavy atom. The van der Waals surface area contributed by atoms with Gasteiger partial charge in [-0.1, -0.05) is 17.3 Å². The highest BCUT2D eigenvalue weighted by molar-refractivity contribution is 5.93. The summed E-state index contributed by atoms with van der Waals surface area (Å²) in [6, 6.07) is 7.02. The third-order valence-electron chi connectivity index (χ3n) is 7.01. The number of ether oxygens (including phenoxy) is 2. The predicted octanol–water partition coefficient (Wildman–Crippen LogP) is 2.36. The first-order chi connectivity index (χ1) is 15.5. The summed E-state index contributed by atoms with van der Waals surface area (Å²) in [6.07, 6.45) is 3.25. The number of fused-ring (bicyclic) bond motifs is 1. The maximum Gasteiger partial charge on any atom is 0.276 e. The van der Waals surface area contributed by atoms with Gasteiger partial charge >= 0.3 is 0 Å². The van der Waals surface area contributed by atoms with Crippen LogP contribution in [0.25, 0.3) is 5.69 Å². The zero-order valence-electron chi connectivity index (χ0n) is 19.3. The van der Waals surface area contributed by atoms with Gasteiger partial charge in [0.15, 0.2) is 5.69 Å². The Hall–Kier alpha value is -2.29. The molecule has 2 saturated heterocycles. The fourth-order valence-electron chi connectivity index (χ4n) is 5.42. The van der Waals surface area contributed by atoms with Gasteiger partial charge in [0.1, 0.15) is 0 Å². The average Bonchev–Trinajstić information content (AvgIpc) is 3.18. The molecule has 0 N–H and O–H groups in total. The molecule has 3 aliphatic rings. The summed E-state index contributed by atoms with van der Waals surface area (Å²) in [7, 11) is 0. The van der Waals surface area contributed by atoms with Crippen molar-refractivity contribution in [1.82, 2.24) is 24.8 Å². The van der Waals surface area contributed by atoms with E-state index in [2.05, 4.69) is 33.4 Å². The van der Waals surface area contributed by atoms with Crippen molar-refractivity contribution < 1.29 is 14.3 Å². The van der Waals surface area contributed by atoms with Gasteiger partial charge in [-0.15, -0.1) is 5.10 Å². The van der Waals surface area contributed by atoms with E-state index in [4.69, 9.17) is 9.47 Å². The van der Waals surface area contributed by atoms with Crippen LogP contribution in [0.3, 0.4) is 0 Å². The van der Waals surface area contributed by atoms with Crippen LogP contribution in [-0.4, -0.2) is 81.8 Å². The maximum absolute atomic E-state index is 13.2. The van der Waals surface area contributed by atoms with Crippen LogP contribution in [0.15, 0.2) is 18.2 Å². The van der Waals surface area contributed by atoms with E-state index in [1.807, 2.05) is 30.4 Å². The molecule has 1 aromatic heterocycles. The second kappa shape index (κ2) is 8.92. The van der Waals surface area contributed by atoms with Gasteiger partial charge in [0, 0.05) is 45.4 Å². The smallest absolute Gasteiger partial charge is 0.276 e. The van der Waals surface area contributed by atoms with E-state index in [1.54, 1.807) is 0 Å². The summed E-state index contributed by atoms with van der Waals surface area (Å²) in [4.78, 5) is 17.6. The SMILES string of the molecule is Cc1c(C(=O)N2CC(C)OC(C)C2)nnn1-c1cccc2c1CCN(C1CCOCC1)C2. The van der Waals surface area contributed by atoms with Crippen LogP contribution < -0.4 is 0 Å². The van der Waals surface area contributed by atoms with Crippen LogP contribution in [0.4, 0.5) is 0 Å². The van der Waals surface area contributed by atoms with Crippen molar-refractivity contribution in [2.45, 2.75) is 64.8 Å². The lowest BCUT2D eigenvalue weighted by molar-refractivity contribution is -0.0587. The number of benzene rings is 1. The number of rotatable bonds is 3. The van der Waals surface area contributed by atoms with Crippen molar-refractivity contribution in [3.63, 3.8) is 0 Å². The lowest BCUT2D eigenvalue weighted by Gasteiger charge is -2.38. The van der Waals surface area contributed by atoms with Gasteiger partial charge in [0.2, 0.25) is 0 Å². The Balaban J connectivity index is 1.39. The largest absolute Gasteiger partial charge is 0.381 e. The highest BCUT2D eigenvalue weighted by Crippen LogP contribution is 2.29. The van der Waals surface area contributed by atoms with Crippen molar-refractivity contribution in [3.8, 4) is 5.69 Å². The summed E-state index contributed by atoms with van der Waals surface area (Å²) in [5.41, 5.74) is 4.93. The fourth-order valence-corrected chi connectivity index (χ4v) is 5.42. The Morgan fingerprint density at radius 3 is 2.62 bits per heavy atom. The zero-order chi connectivity index (χ0) is 22.2. The molecule has 2 fully saturated rings. The molecule has 0 saturated carbocycles. The molecule has 5 rings (SSSR count). The number of carbonyl (C=O) groups is 1. The van der Waals surface area contributed by atoms with Crippen LogP contribution >= 0.6 is 0 Å². The maximum atomic E-state index is 13.2. The first kappa shape index (κ1) is 21.6. The summed E-state index contributed by atoms with van der Waals surface area (Å²) in [5, 5.41) is 8.73. The van der Waals surface area contributed by atoms with E-state index in [9.17, 15) is 4.79 Å². The molecule has 2 atom stereocenters. The monoisotopic (exact) mass is 439 g/mol. The van der Waals surface area contributed by atoms with Crippen molar-refractivity contribution in [3.05, 3.63) is 40.7 Å². The number of amides is 1. The highest BCUT2D eigenvalue weighted by Gasteiger charge is 2.31. The topological polar surface area (TPSA) is 72.7 Å². The van der Waals surface area contributed by atoms with Crippen LogP contribution in [0.2, 0.25) is 0 Å². The minimum atomic E-state index is -0.0637. The molecule has 2 aromatic rings. The predicted molar refractivity (Wildman–Crippen MR) is 120 cm³/mol. The number of carbonyl (C=O) groups excluding carboxylic acids is 1. The van der Waals surface area contributed by atoms with Gasteiger partial charge in [-0.05, 0) is 57.2 Å². The van der Waals surface area contributed by atoms with Gasteiger partial charge in [-0.2, -0.15) is 0 Å². The molecule has 32 heavy (non-hydrogen) atoms. The van der Waals surface area contributed by atoms with Gasteiger partial charge in [0.05, 0.1) is 23.6 Å². The van der Waals surface area contributed by atoms with E-state index in [0.29, 0.717) is 24.8 Å². The Labute approximate surface area is 189 Å². The molecule has 3 aliphatic heterocycles.